The lowest BCUT2D eigenvalue weighted by atomic mass is 10.1. The molecule has 0 aliphatic heterocycles. The molecule has 5 heteroatoms. The van der Waals surface area contributed by atoms with Crippen molar-refractivity contribution in [2.24, 2.45) is 0 Å². The second-order valence-electron chi connectivity index (χ2n) is 4.53. The van der Waals surface area contributed by atoms with Gasteiger partial charge in [0.2, 0.25) is 5.91 Å². The van der Waals surface area contributed by atoms with Gasteiger partial charge in [0, 0.05) is 5.69 Å². The average Bonchev–Trinajstić information content (AvgIpc) is 2.42. The molecule has 20 heavy (non-hydrogen) atoms. The van der Waals surface area contributed by atoms with Crippen molar-refractivity contribution < 1.29 is 4.79 Å². The maximum atomic E-state index is 12.0. The lowest BCUT2D eigenvalue weighted by molar-refractivity contribution is -0.113. The van der Waals surface area contributed by atoms with Crippen molar-refractivity contribution in [3.8, 4) is 0 Å². The molecule has 1 aromatic carbocycles. The number of carbonyl (C=O) groups is 1. The summed E-state index contributed by atoms with van der Waals surface area (Å²) in [5.74, 6) is 0.288. The quantitative estimate of drug-likeness (QED) is 0.848. The summed E-state index contributed by atoms with van der Waals surface area (Å²) in [7, 11) is 0. The van der Waals surface area contributed by atoms with Gasteiger partial charge in [-0.1, -0.05) is 30.0 Å². The summed E-state index contributed by atoms with van der Waals surface area (Å²) in [4.78, 5) is 16.1. The van der Waals surface area contributed by atoms with Crippen LogP contribution in [0.1, 0.15) is 11.1 Å². The number of thioether (sulfide) groups is 1. The topological polar surface area (TPSA) is 68.0 Å². The monoisotopic (exact) mass is 287 g/mol. The number of anilines is 2. The van der Waals surface area contributed by atoms with Crippen molar-refractivity contribution in [2.45, 2.75) is 18.9 Å². The minimum atomic E-state index is -0.0361. The summed E-state index contributed by atoms with van der Waals surface area (Å²) in [5, 5.41) is 3.74. The van der Waals surface area contributed by atoms with E-state index < -0.39 is 0 Å². The molecule has 1 aromatic heterocycles. The Hall–Kier alpha value is -2.01. The number of hydrogen-bond acceptors (Lipinski definition) is 4. The standard InChI is InChI=1S/C15H17N3OS/c1-10-4-3-5-11(2)15(10)18-13(19)9-20-14-7-6-12(16)8-17-14/h3-8H,9,16H2,1-2H3,(H,18,19). The molecular weight excluding hydrogens is 270 g/mol. The maximum absolute atomic E-state index is 12.0. The first kappa shape index (κ1) is 14.4. The van der Waals surface area contributed by atoms with Gasteiger partial charge in [-0.2, -0.15) is 0 Å². The molecule has 3 N–H and O–H groups in total. The van der Waals surface area contributed by atoms with E-state index >= 15 is 0 Å². The van der Waals surface area contributed by atoms with Crippen molar-refractivity contribution in [3.05, 3.63) is 47.7 Å². The Bertz CT molecular complexity index is 591. The van der Waals surface area contributed by atoms with Crippen LogP contribution in [0.5, 0.6) is 0 Å². The van der Waals surface area contributed by atoms with Crippen LogP contribution in [0.2, 0.25) is 0 Å². The van der Waals surface area contributed by atoms with Gasteiger partial charge >= 0.3 is 0 Å². The highest BCUT2D eigenvalue weighted by Crippen LogP contribution is 2.21. The molecule has 0 radical (unpaired) electrons. The number of para-hydroxylation sites is 1. The third-order valence-electron chi connectivity index (χ3n) is 2.86. The van der Waals surface area contributed by atoms with Gasteiger partial charge in [0.05, 0.1) is 22.7 Å². The number of aryl methyl sites for hydroxylation is 2. The Morgan fingerprint density at radius 2 is 1.95 bits per heavy atom. The first-order chi connectivity index (χ1) is 9.56. The number of amides is 1. The van der Waals surface area contributed by atoms with E-state index in [4.69, 9.17) is 5.73 Å². The van der Waals surface area contributed by atoms with Crippen LogP contribution in [0.15, 0.2) is 41.6 Å². The lowest BCUT2D eigenvalue weighted by Crippen LogP contribution is -2.15. The number of nitrogens with two attached hydrogens (primary N) is 1. The Kier molecular flexibility index (Phi) is 4.63. The Morgan fingerprint density at radius 1 is 1.25 bits per heavy atom. The maximum Gasteiger partial charge on any atom is 0.234 e. The first-order valence-electron chi connectivity index (χ1n) is 6.26. The van der Waals surface area contributed by atoms with Gasteiger partial charge in [-0.15, -0.1) is 0 Å². The van der Waals surface area contributed by atoms with Crippen LogP contribution in [0, 0.1) is 13.8 Å². The van der Waals surface area contributed by atoms with Gasteiger partial charge in [0.25, 0.3) is 0 Å². The zero-order valence-corrected chi connectivity index (χ0v) is 12.3. The number of pyridine rings is 1. The fourth-order valence-corrected chi connectivity index (χ4v) is 2.45. The second-order valence-corrected chi connectivity index (χ2v) is 5.53. The largest absolute Gasteiger partial charge is 0.397 e. The van der Waals surface area contributed by atoms with E-state index in [1.807, 2.05) is 38.1 Å². The smallest absolute Gasteiger partial charge is 0.234 e. The van der Waals surface area contributed by atoms with Crippen LogP contribution in [-0.4, -0.2) is 16.6 Å². The number of benzene rings is 1. The Morgan fingerprint density at radius 3 is 2.55 bits per heavy atom. The molecule has 0 atom stereocenters. The van der Waals surface area contributed by atoms with Crippen molar-refractivity contribution >= 4 is 29.0 Å². The zero-order valence-electron chi connectivity index (χ0n) is 11.5. The summed E-state index contributed by atoms with van der Waals surface area (Å²) >= 11 is 1.39. The molecule has 2 aromatic rings. The molecule has 1 amide bonds. The summed E-state index contributed by atoms with van der Waals surface area (Å²) < 4.78 is 0. The molecule has 0 aliphatic carbocycles. The normalized spacial score (nSPS) is 10.3. The van der Waals surface area contributed by atoms with Crippen molar-refractivity contribution in [3.63, 3.8) is 0 Å². The average molecular weight is 287 g/mol. The molecule has 0 fully saturated rings. The molecule has 104 valence electrons. The number of nitrogens with one attached hydrogen (secondary N) is 1. The van der Waals surface area contributed by atoms with E-state index in [1.54, 1.807) is 12.3 Å². The van der Waals surface area contributed by atoms with E-state index in [9.17, 15) is 4.79 Å². The highest BCUT2D eigenvalue weighted by Gasteiger charge is 2.08. The van der Waals surface area contributed by atoms with Gasteiger partial charge in [-0.25, -0.2) is 4.98 Å². The molecule has 0 spiro atoms. The van der Waals surface area contributed by atoms with Gasteiger partial charge in [0.15, 0.2) is 0 Å². The molecule has 0 unspecified atom stereocenters. The molecule has 2 rings (SSSR count). The minimum Gasteiger partial charge on any atom is -0.397 e. The molecule has 1 heterocycles. The third-order valence-corrected chi connectivity index (χ3v) is 3.80. The predicted octanol–water partition coefficient (Wildman–Crippen LogP) is 3.01. The molecule has 0 aliphatic rings. The zero-order chi connectivity index (χ0) is 14.5. The van der Waals surface area contributed by atoms with Crippen LogP contribution < -0.4 is 11.1 Å². The highest BCUT2D eigenvalue weighted by atomic mass is 32.2. The number of hydrogen-bond donors (Lipinski definition) is 2. The summed E-state index contributed by atoms with van der Waals surface area (Å²) in [6.07, 6.45) is 1.59. The number of nitrogen functional groups attached to an aromatic ring is 1. The van der Waals surface area contributed by atoms with E-state index in [2.05, 4.69) is 10.3 Å². The van der Waals surface area contributed by atoms with Gasteiger partial charge in [-0.05, 0) is 37.1 Å². The van der Waals surface area contributed by atoms with E-state index in [1.165, 1.54) is 11.8 Å². The van der Waals surface area contributed by atoms with E-state index in [-0.39, 0.29) is 5.91 Å². The fraction of sp³-hybridized carbons (Fsp3) is 0.200. The second kappa shape index (κ2) is 6.43. The fourth-order valence-electron chi connectivity index (χ4n) is 1.80. The van der Waals surface area contributed by atoms with Crippen LogP contribution in [0.3, 0.4) is 0 Å². The highest BCUT2D eigenvalue weighted by molar-refractivity contribution is 7.99. The SMILES string of the molecule is Cc1cccc(C)c1NC(=O)CSc1ccc(N)cn1. The minimum absolute atomic E-state index is 0.0361. The summed E-state index contributed by atoms with van der Waals surface area (Å²) in [6.45, 7) is 3.97. The molecule has 4 nitrogen and oxygen atoms in total. The number of carbonyl (C=O) groups excluding carboxylic acids is 1. The van der Waals surface area contributed by atoms with Gasteiger partial charge < -0.3 is 11.1 Å². The van der Waals surface area contributed by atoms with E-state index in [0.717, 1.165) is 21.8 Å². The van der Waals surface area contributed by atoms with Crippen LogP contribution >= 0.6 is 11.8 Å². The van der Waals surface area contributed by atoms with Crippen LogP contribution in [0.4, 0.5) is 11.4 Å². The molecule has 0 bridgehead atoms. The van der Waals surface area contributed by atoms with E-state index in [0.29, 0.717) is 11.4 Å². The van der Waals surface area contributed by atoms with Crippen molar-refractivity contribution in [1.82, 2.24) is 4.98 Å². The predicted molar refractivity (Wildman–Crippen MR) is 83.9 cm³/mol. The third kappa shape index (κ3) is 3.74. The molecular formula is C15H17N3OS. The summed E-state index contributed by atoms with van der Waals surface area (Å²) in [6, 6.07) is 9.53. The number of nitrogens with zero attached hydrogens (tertiary/aromatic N) is 1. The van der Waals surface area contributed by atoms with Gasteiger partial charge in [-0.3, -0.25) is 4.79 Å². The first-order valence-corrected chi connectivity index (χ1v) is 7.25. The van der Waals surface area contributed by atoms with Crippen LogP contribution in [-0.2, 0) is 4.79 Å². The van der Waals surface area contributed by atoms with Crippen molar-refractivity contribution in [1.29, 1.82) is 0 Å². The lowest BCUT2D eigenvalue weighted by Gasteiger charge is -2.11. The number of aromatic nitrogens is 1. The number of rotatable bonds is 4. The van der Waals surface area contributed by atoms with Crippen molar-refractivity contribution in [2.75, 3.05) is 16.8 Å². The Labute approximate surface area is 122 Å². The van der Waals surface area contributed by atoms with Gasteiger partial charge in [0.1, 0.15) is 0 Å². The Balaban J connectivity index is 1.94. The summed E-state index contributed by atoms with van der Waals surface area (Å²) in [5.41, 5.74) is 9.21. The molecule has 0 saturated heterocycles. The van der Waals surface area contributed by atoms with Crippen LogP contribution in [0.25, 0.3) is 0 Å². The molecule has 0 saturated carbocycles.